The van der Waals surface area contributed by atoms with Gasteiger partial charge in [-0.05, 0) is 55.2 Å². The molecule has 36 heavy (non-hydrogen) atoms. The third-order valence-corrected chi connectivity index (χ3v) is 6.22. The fraction of sp³-hybridized carbons (Fsp3) is 0.533. The Bertz CT molecular complexity index is 983. The summed E-state index contributed by atoms with van der Waals surface area (Å²) in [7, 11) is 0. The number of aromatic hydroxyl groups is 1. The second-order valence-corrected chi connectivity index (χ2v) is 9.94. The minimum Gasteiger partial charge on any atom is -0.507 e. The van der Waals surface area contributed by atoms with Crippen molar-refractivity contribution in [2.45, 2.75) is 84.6 Å². The first-order valence-corrected chi connectivity index (χ1v) is 13.4. The van der Waals surface area contributed by atoms with Gasteiger partial charge in [-0.15, -0.1) is 0 Å². The molecule has 0 aliphatic carbocycles. The molecule has 1 atom stereocenters. The maximum atomic E-state index is 12.6. The average Bonchev–Trinajstić information content (AvgIpc) is 3.31. The molecule has 1 N–H and O–H groups in total. The van der Waals surface area contributed by atoms with Crippen molar-refractivity contribution in [3.05, 3.63) is 53.6 Å². The molecule has 2 aromatic rings. The quantitative estimate of drug-likeness (QED) is 0.159. The van der Waals surface area contributed by atoms with Crippen molar-refractivity contribution in [1.82, 2.24) is 0 Å². The number of nitrogens with zero attached hydrogens (tertiary/aromatic N) is 1. The van der Waals surface area contributed by atoms with Gasteiger partial charge in [-0.25, -0.2) is 9.79 Å². The van der Waals surface area contributed by atoms with E-state index < -0.39 is 5.97 Å². The Kier molecular flexibility index (Phi) is 11.1. The molecule has 0 saturated carbocycles. The predicted octanol–water partition coefficient (Wildman–Crippen LogP) is 7.32. The Morgan fingerprint density at radius 1 is 1.00 bits per heavy atom. The molecule has 1 aliphatic heterocycles. The van der Waals surface area contributed by atoms with Crippen LogP contribution in [0.1, 0.15) is 94.5 Å². The largest absolute Gasteiger partial charge is 0.507 e. The molecule has 0 saturated heterocycles. The molecule has 2 aromatic carbocycles. The SMILES string of the molecule is CCCCCCCCCCOc1ccc(C(=O)Oc2ccc(C3=N[C@@H](CC(C)C)CO3)c(O)c2)cc1. The zero-order chi connectivity index (χ0) is 25.8. The van der Waals surface area contributed by atoms with Gasteiger partial charge in [0.1, 0.15) is 23.9 Å². The molecule has 0 unspecified atom stereocenters. The molecule has 6 heteroatoms. The van der Waals surface area contributed by atoms with E-state index in [1.54, 1.807) is 36.4 Å². The fourth-order valence-corrected chi connectivity index (χ4v) is 4.26. The van der Waals surface area contributed by atoms with Crippen LogP contribution >= 0.6 is 0 Å². The van der Waals surface area contributed by atoms with Crippen molar-refractivity contribution < 1.29 is 24.1 Å². The number of carbonyl (C=O) groups excluding carboxylic acids is 1. The van der Waals surface area contributed by atoms with Gasteiger partial charge in [0.05, 0.1) is 23.8 Å². The van der Waals surface area contributed by atoms with E-state index in [0.29, 0.717) is 36.2 Å². The summed E-state index contributed by atoms with van der Waals surface area (Å²) in [5, 5.41) is 10.5. The lowest BCUT2D eigenvalue weighted by atomic mass is 10.1. The van der Waals surface area contributed by atoms with Crippen LogP contribution in [-0.2, 0) is 4.74 Å². The predicted molar refractivity (Wildman–Crippen MR) is 143 cm³/mol. The van der Waals surface area contributed by atoms with E-state index in [-0.39, 0.29) is 17.5 Å². The second kappa shape index (κ2) is 14.5. The normalized spacial score (nSPS) is 15.0. The number of hydrogen-bond donors (Lipinski definition) is 1. The number of unbranched alkanes of at least 4 members (excludes halogenated alkanes) is 7. The highest BCUT2D eigenvalue weighted by Crippen LogP contribution is 2.28. The first-order chi connectivity index (χ1) is 17.5. The first kappa shape index (κ1) is 27.6. The van der Waals surface area contributed by atoms with Crippen LogP contribution in [-0.4, -0.2) is 36.2 Å². The zero-order valence-corrected chi connectivity index (χ0v) is 22.0. The van der Waals surface area contributed by atoms with Crippen LogP contribution in [0, 0.1) is 5.92 Å². The zero-order valence-electron chi connectivity index (χ0n) is 22.0. The Hall–Kier alpha value is -3.02. The molecule has 196 valence electrons. The number of ether oxygens (including phenoxy) is 3. The van der Waals surface area contributed by atoms with Gasteiger partial charge in [0.2, 0.25) is 5.90 Å². The Balaban J connectivity index is 1.43. The highest BCUT2D eigenvalue weighted by molar-refractivity contribution is 5.98. The van der Waals surface area contributed by atoms with E-state index in [1.165, 1.54) is 51.0 Å². The molecule has 0 radical (unpaired) electrons. The van der Waals surface area contributed by atoms with Crippen molar-refractivity contribution in [1.29, 1.82) is 0 Å². The van der Waals surface area contributed by atoms with Gasteiger partial charge in [-0.3, -0.25) is 0 Å². The summed E-state index contributed by atoms with van der Waals surface area (Å²) in [6.45, 7) is 7.72. The van der Waals surface area contributed by atoms with Gasteiger partial charge in [0.15, 0.2) is 0 Å². The van der Waals surface area contributed by atoms with Crippen LogP contribution in [0.3, 0.4) is 0 Å². The maximum absolute atomic E-state index is 12.6. The average molecular weight is 496 g/mol. The molecule has 6 nitrogen and oxygen atoms in total. The number of phenols is 1. The van der Waals surface area contributed by atoms with Gasteiger partial charge < -0.3 is 19.3 Å². The minimum absolute atomic E-state index is 0.0334. The molecule has 0 amide bonds. The third-order valence-electron chi connectivity index (χ3n) is 6.22. The summed E-state index contributed by atoms with van der Waals surface area (Å²) in [5.41, 5.74) is 0.914. The molecular formula is C30H41NO5. The van der Waals surface area contributed by atoms with Crippen molar-refractivity contribution >= 4 is 11.9 Å². The van der Waals surface area contributed by atoms with Gasteiger partial charge in [0, 0.05) is 6.07 Å². The standard InChI is InChI=1S/C30H41NO5/c1-4-5-6-7-8-9-10-11-18-34-25-14-12-23(13-15-25)30(33)36-26-16-17-27(28(32)20-26)29-31-24(21-35-29)19-22(2)3/h12-17,20,22,24,32H,4-11,18-19,21H2,1-3H3/t24-/m0/s1. The van der Waals surface area contributed by atoms with Crippen LogP contribution in [0.15, 0.2) is 47.5 Å². The number of carbonyl (C=O) groups is 1. The number of aliphatic imine (C=N–C) groups is 1. The summed E-state index contributed by atoms with van der Waals surface area (Å²) in [5.74, 6) is 1.42. The molecule has 0 fully saturated rings. The number of hydrogen-bond acceptors (Lipinski definition) is 6. The number of phenolic OH excluding ortho intramolecular Hbond substituents is 1. The molecule has 0 spiro atoms. The summed E-state index contributed by atoms with van der Waals surface area (Å²) in [4.78, 5) is 17.1. The lowest BCUT2D eigenvalue weighted by Gasteiger charge is -2.09. The summed E-state index contributed by atoms with van der Waals surface area (Å²) in [6, 6.07) is 11.8. The van der Waals surface area contributed by atoms with Crippen LogP contribution in [0.2, 0.25) is 0 Å². The maximum Gasteiger partial charge on any atom is 0.343 e. The van der Waals surface area contributed by atoms with Gasteiger partial charge in [-0.2, -0.15) is 0 Å². The van der Waals surface area contributed by atoms with E-state index in [1.807, 2.05) is 0 Å². The van der Waals surface area contributed by atoms with Crippen molar-refractivity contribution in [3.8, 4) is 17.2 Å². The van der Waals surface area contributed by atoms with E-state index in [2.05, 4.69) is 25.8 Å². The number of rotatable bonds is 15. The van der Waals surface area contributed by atoms with Crippen LogP contribution in [0.5, 0.6) is 17.2 Å². The second-order valence-electron chi connectivity index (χ2n) is 9.94. The van der Waals surface area contributed by atoms with Crippen molar-refractivity contribution in [3.63, 3.8) is 0 Å². The van der Waals surface area contributed by atoms with Crippen molar-refractivity contribution in [2.24, 2.45) is 10.9 Å². The summed E-state index contributed by atoms with van der Waals surface area (Å²) >= 11 is 0. The molecule has 0 aromatic heterocycles. The first-order valence-electron chi connectivity index (χ1n) is 13.4. The Morgan fingerprint density at radius 3 is 2.33 bits per heavy atom. The lowest BCUT2D eigenvalue weighted by molar-refractivity contribution is 0.0734. The molecule has 0 bridgehead atoms. The van der Waals surface area contributed by atoms with E-state index in [0.717, 1.165) is 18.6 Å². The van der Waals surface area contributed by atoms with E-state index >= 15 is 0 Å². The monoisotopic (exact) mass is 495 g/mol. The topological polar surface area (TPSA) is 77.4 Å². The number of benzene rings is 2. The van der Waals surface area contributed by atoms with E-state index in [4.69, 9.17) is 14.2 Å². The minimum atomic E-state index is -0.497. The lowest BCUT2D eigenvalue weighted by Crippen LogP contribution is -2.09. The van der Waals surface area contributed by atoms with Crippen LogP contribution in [0.4, 0.5) is 0 Å². The van der Waals surface area contributed by atoms with Gasteiger partial charge >= 0.3 is 5.97 Å². The van der Waals surface area contributed by atoms with Gasteiger partial charge in [-0.1, -0.05) is 65.7 Å². The van der Waals surface area contributed by atoms with E-state index in [9.17, 15) is 9.90 Å². The molecular weight excluding hydrogens is 454 g/mol. The Labute approximate surface area is 215 Å². The van der Waals surface area contributed by atoms with Crippen LogP contribution < -0.4 is 9.47 Å². The third kappa shape index (κ3) is 8.89. The van der Waals surface area contributed by atoms with Crippen molar-refractivity contribution in [2.75, 3.05) is 13.2 Å². The molecule has 1 heterocycles. The molecule has 1 aliphatic rings. The fourth-order valence-electron chi connectivity index (χ4n) is 4.26. The highest BCUT2D eigenvalue weighted by Gasteiger charge is 2.23. The van der Waals surface area contributed by atoms with Crippen LogP contribution in [0.25, 0.3) is 0 Å². The summed E-state index contributed by atoms with van der Waals surface area (Å²) < 4.78 is 16.9. The molecule has 3 rings (SSSR count). The summed E-state index contributed by atoms with van der Waals surface area (Å²) in [6.07, 6.45) is 11.0. The highest BCUT2D eigenvalue weighted by atomic mass is 16.5. The van der Waals surface area contributed by atoms with Gasteiger partial charge in [0.25, 0.3) is 0 Å². The number of esters is 1. The smallest absolute Gasteiger partial charge is 0.343 e. The Morgan fingerprint density at radius 2 is 1.67 bits per heavy atom.